The second kappa shape index (κ2) is 5.39. The van der Waals surface area contributed by atoms with Crippen LogP contribution in [0.25, 0.3) is 0 Å². The summed E-state index contributed by atoms with van der Waals surface area (Å²) < 4.78 is 18.6. The van der Waals surface area contributed by atoms with Gasteiger partial charge in [-0.1, -0.05) is 12.1 Å². The van der Waals surface area contributed by atoms with Crippen molar-refractivity contribution in [1.29, 1.82) is 0 Å². The van der Waals surface area contributed by atoms with E-state index in [9.17, 15) is 14.3 Å². The zero-order valence-corrected chi connectivity index (χ0v) is 12.1. The van der Waals surface area contributed by atoms with Gasteiger partial charge >= 0.3 is 0 Å². The summed E-state index contributed by atoms with van der Waals surface area (Å²) in [5.41, 5.74) is 0.382. The van der Waals surface area contributed by atoms with E-state index in [4.69, 9.17) is 4.74 Å². The van der Waals surface area contributed by atoms with Gasteiger partial charge in [-0.25, -0.2) is 4.39 Å². The molecule has 4 nitrogen and oxygen atoms in total. The molecule has 0 radical (unpaired) electrons. The number of aliphatic hydroxyl groups is 1. The summed E-state index contributed by atoms with van der Waals surface area (Å²) in [7, 11) is 0. The summed E-state index contributed by atoms with van der Waals surface area (Å²) in [4.78, 5) is 14.7. The highest BCUT2D eigenvalue weighted by Gasteiger charge is 2.54. The van der Waals surface area contributed by atoms with E-state index in [1.54, 1.807) is 17.0 Å². The summed E-state index contributed by atoms with van der Waals surface area (Å²) in [6.45, 7) is 2.72. The first-order chi connectivity index (χ1) is 10.1. The molecule has 5 heteroatoms. The lowest BCUT2D eigenvalue weighted by Crippen LogP contribution is -2.54. The maximum atomic E-state index is 13.1. The molecule has 0 bridgehead atoms. The Hall–Kier alpha value is -1.46. The van der Waals surface area contributed by atoms with Gasteiger partial charge < -0.3 is 14.7 Å². The van der Waals surface area contributed by atoms with Gasteiger partial charge in [-0.15, -0.1) is 0 Å². The van der Waals surface area contributed by atoms with Crippen molar-refractivity contribution >= 4 is 5.91 Å². The third-order valence-corrected chi connectivity index (χ3v) is 4.53. The molecule has 1 aliphatic heterocycles. The second-order valence-corrected chi connectivity index (χ2v) is 6.03. The van der Waals surface area contributed by atoms with Crippen molar-refractivity contribution in [2.24, 2.45) is 0 Å². The lowest BCUT2D eigenvalue weighted by atomic mass is 9.93. The first-order valence-electron chi connectivity index (χ1n) is 7.36. The monoisotopic (exact) mass is 293 g/mol. The van der Waals surface area contributed by atoms with Gasteiger partial charge in [0.1, 0.15) is 5.82 Å². The Kier molecular flexibility index (Phi) is 3.71. The van der Waals surface area contributed by atoms with Gasteiger partial charge in [0.15, 0.2) is 0 Å². The minimum Gasteiger partial charge on any atom is -0.394 e. The van der Waals surface area contributed by atoms with Gasteiger partial charge in [0.25, 0.3) is 0 Å². The molecule has 2 aliphatic rings. The highest BCUT2D eigenvalue weighted by Crippen LogP contribution is 2.50. The molecule has 1 saturated heterocycles. The minimum absolute atomic E-state index is 0.00165. The molecule has 0 spiro atoms. The van der Waals surface area contributed by atoms with Gasteiger partial charge in [0.05, 0.1) is 30.8 Å². The summed E-state index contributed by atoms with van der Waals surface area (Å²) in [6.07, 6.45) is 1.28. The fraction of sp³-hybridized carbons (Fsp3) is 0.562. The highest BCUT2D eigenvalue weighted by molar-refractivity contribution is 5.91. The van der Waals surface area contributed by atoms with Crippen molar-refractivity contribution in [1.82, 2.24) is 4.90 Å². The number of benzene rings is 1. The Labute approximate surface area is 123 Å². The molecule has 1 aromatic carbocycles. The molecule has 1 saturated carbocycles. The first kappa shape index (κ1) is 14.5. The Morgan fingerprint density at radius 1 is 1.43 bits per heavy atom. The SMILES string of the molecule is CC1COC(CO)CN1C(=O)C1(c2ccc(F)cc2)CC1. The number of hydrogen-bond donors (Lipinski definition) is 1. The van der Waals surface area contributed by atoms with Crippen LogP contribution < -0.4 is 0 Å². The van der Waals surface area contributed by atoms with Crippen molar-refractivity contribution in [2.45, 2.75) is 37.3 Å². The van der Waals surface area contributed by atoms with Crippen molar-refractivity contribution in [2.75, 3.05) is 19.8 Å². The molecule has 1 aromatic rings. The Morgan fingerprint density at radius 2 is 2.10 bits per heavy atom. The Balaban J connectivity index is 1.82. The zero-order valence-electron chi connectivity index (χ0n) is 12.1. The topological polar surface area (TPSA) is 49.8 Å². The molecule has 0 aromatic heterocycles. The third-order valence-electron chi connectivity index (χ3n) is 4.53. The number of halogens is 1. The van der Waals surface area contributed by atoms with Crippen molar-refractivity contribution in [3.8, 4) is 0 Å². The molecule has 21 heavy (non-hydrogen) atoms. The van der Waals surface area contributed by atoms with E-state index in [0.29, 0.717) is 13.2 Å². The van der Waals surface area contributed by atoms with Crippen LogP contribution in [0.15, 0.2) is 24.3 Å². The van der Waals surface area contributed by atoms with Gasteiger partial charge in [-0.05, 0) is 37.5 Å². The number of hydrogen-bond acceptors (Lipinski definition) is 3. The van der Waals surface area contributed by atoms with Gasteiger partial charge in [-0.2, -0.15) is 0 Å². The molecule has 1 aliphatic carbocycles. The highest BCUT2D eigenvalue weighted by atomic mass is 19.1. The normalized spacial score (nSPS) is 27.5. The number of carbonyl (C=O) groups is 1. The number of aliphatic hydroxyl groups excluding tert-OH is 1. The predicted octanol–water partition coefficient (Wildman–Crippen LogP) is 1.47. The molecule has 114 valence electrons. The number of morpholine rings is 1. The van der Waals surface area contributed by atoms with Crippen LogP contribution in [-0.4, -0.2) is 47.8 Å². The fourth-order valence-electron chi connectivity index (χ4n) is 3.01. The van der Waals surface area contributed by atoms with Crippen LogP contribution in [0.1, 0.15) is 25.3 Å². The van der Waals surface area contributed by atoms with Crippen LogP contribution in [-0.2, 0) is 14.9 Å². The van der Waals surface area contributed by atoms with Crippen molar-refractivity contribution < 1.29 is 19.0 Å². The van der Waals surface area contributed by atoms with Crippen LogP contribution in [0.3, 0.4) is 0 Å². The molecule has 2 atom stereocenters. The van der Waals surface area contributed by atoms with E-state index in [1.807, 2.05) is 6.92 Å². The predicted molar refractivity (Wildman–Crippen MR) is 75.3 cm³/mol. The van der Waals surface area contributed by atoms with E-state index in [1.165, 1.54) is 12.1 Å². The number of rotatable bonds is 3. The molecule has 1 heterocycles. The Morgan fingerprint density at radius 3 is 2.67 bits per heavy atom. The molecule has 1 amide bonds. The maximum absolute atomic E-state index is 13.1. The van der Waals surface area contributed by atoms with Crippen LogP contribution in [0.2, 0.25) is 0 Å². The average molecular weight is 293 g/mol. The maximum Gasteiger partial charge on any atom is 0.233 e. The summed E-state index contributed by atoms with van der Waals surface area (Å²) in [5.74, 6) is -0.217. The third kappa shape index (κ3) is 2.56. The number of nitrogens with zero attached hydrogens (tertiary/aromatic N) is 1. The molecular weight excluding hydrogens is 273 g/mol. The minimum atomic E-state index is -0.501. The van der Waals surface area contributed by atoms with Crippen molar-refractivity contribution in [3.63, 3.8) is 0 Å². The van der Waals surface area contributed by atoms with Gasteiger partial charge in [0, 0.05) is 6.54 Å². The molecule has 1 N–H and O–H groups in total. The van der Waals surface area contributed by atoms with Crippen LogP contribution in [0, 0.1) is 5.82 Å². The van der Waals surface area contributed by atoms with Crippen LogP contribution >= 0.6 is 0 Å². The van der Waals surface area contributed by atoms with Crippen LogP contribution in [0.4, 0.5) is 4.39 Å². The Bertz CT molecular complexity index is 527. The summed E-state index contributed by atoms with van der Waals surface area (Å²) >= 11 is 0. The van der Waals surface area contributed by atoms with Crippen molar-refractivity contribution in [3.05, 3.63) is 35.6 Å². The van der Waals surface area contributed by atoms with Gasteiger partial charge in [-0.3, -0.25) is 4.79 Å². The number of carbonyl (C=O) groups excluding carboxylic acids is 1. The average Bonchev–Trinajstić information content (AvgIpc) is 3.29. The zero-order chi connectivity index (χ0) is 15.0. The molecule has 2 fully saturated rings. The van der Waals surface area contributed by atoms with E-state index in [0.717, 1.165) is 18.4 Å². The van der Waals surface area contributed by atoms with E-state index in [-0.39, 0.29) is 30.5 Å². The fourth-order valence-corrected chi connectivity index (χ4v) is 3.01. The van der Waals surface area contributed by atoms with Gasteiger partial charge in [0.2, 0.25) is 5.91 Å². The van der Waals surface area contributed by atoms with E-state index in [2.05, 4.69) is 0 Å². The summed E-state index contributed by atoms with van der Waals surface area (Å²) in [5, 5.41) is 9.24. The smallest absolute Gasteiger partial charge is 0.233 e. The second-order valence-electron chi connectivity index (χ2n) is 6.03. The number of amides is 1. The lowest BCUT2D eigenvalue weighted by Gasteiger charge is -2.39. The number of ether oxygens (including phenoxy) is 1. The first-order valence-corrected chi connectivity index (χ1v) is 7.36. The molecule has 2 unspecified atom stereocenters. The molecular formula is C16H20FNO3. The lowest BCUT2D eigenvalue weighted by molar-refractivity contribution is -0.148. The quantitative estimate of drug-likeness (QED) is 0.918. The van der Waals surface area contributed by atoms with Crippen LogP contribution in [0.5, 0.6) is 0 Å². The standard InChI is InChI=1S/C16H20FNO3/c1-11-10-21-14(9-19)8-18(11)15(20)16(6-7-16)12-2-4-13(17)5-3-12/h2-5,11,14,19H,6-10H2,1H3. The summed E-state index contributed by atoms with van der Waals surface area (Å²) in [6, 6.07) is 6.21. The van der Waals surface area contributed by atoms with E-state index < -0.39 is 5.41 Å². The van der Waals surface area contributed by atoms with E-state index >= 15 is 0 Å². The molecule has 3 rings (SSSR count). The largest absolute Gasteiger partial charge is 0.394 e.